The van der Waals surface area contributed by atoms with E-state index >= 15 is 0 Å². The molecule has 0 fully saturated rings. The molecule has 0 saturated heterocycles. The Labute approximate surface area is 177 Å². The van der Waals surface area contributed by atoms with Crippen LogP contribution in [-0.4, -0.2) is 25.0 Å². The van der Waals surface area contributed by atoms with E-state index in [4.69, 9.17) is 14.5 Å². The molecule has 0 atom stereocenters. The second-order valence-corrected chi connectivity index (χ2v) is 6.51. The fourth-order valence-electron chi connectivity index (χ4n) is 3.05. The first kappa shape index (κ1) is 21.1. The third kappa shape index (κ3) is 5.26. The van der Waals surface area contributed by atoms with Gasteiger partial charge in [-0.05, 0) is 62.4 Å². The highest BCUT2D eigenvalue weighted by atomic mass is 16.5. The van der Waals surface area contributed by atoms with Gasteiger partial charge in [-0.2, -0.15) is 0 Å². The van der Waals surface area contributed by atoms with Crippen molar-refractivity contribution in [3.8, 4) is 11.5 Å². The molecule has 0 heterocycles. The van der Waals surface area contributed by atoms with Gasteiger partial charge < -0.3 is 9.47 Å². The van der Waals surface area contributed by atoms with Gasteiger partial charge in [0.15, 0.2) is 0 Å². The summed E-state index contributed by atoms with van der Waals surface area (Å²) >= 11 is 0. The highest BCUT2D eigenvalue weighted by Gasteiger charge is 2.20. The van der Waals surface area contributed by atoms with Crippen molar-refractivity contribution < 1.29 is 14.3 Å². The average Bonchev–Trinajstić information content (AvgIpc) is 2.76. The number of hydrogen-bond donors (Lipinski definition) is 0. The number of amides is 1. The number of carbonyl (C=O) groups excluding carboxylic acids is 1. The predicted molar refractivity (Wildman–Crippen MR) is 121 cm³/mol. The fraction of sp³-hybridized carbons (Fsp3) is 0.200. The van der Waals surface area contributed by atoms with Gasteiger partial charge in [0.25, 0.3) is 0 Å². The van der Waals surface area contributed by atoms with Crippen molar-refractivity contribution in [3.05, 3.63) is 84.4 Å². The van der Waals surface area contributed by atoms with E-state index in [1.54, 1.807) is 4.90 Å². The molecule has 0 bridgehead atoms. The first-order chi connectivity index (χ1) is 14.6. The molecule has 0 aliphatic rings. The number of hydrogen-bond acceptors (Lipinski definition) is 4. The van der Waals surface area contributed by atoms with Gasteiger partial charge in [-0.15, -0.1) is 0 Å². The van der Waals surface area contributed by atoms with E-state index in [2.05, 4.69) is 0 Å². The summed E-state index contributed by atoms with van der Waals surface area (Å²) in [5.74, 6) is 1.96. The van der Waals surface area contributed by atoms with Gasteiger partial charge in [-0.1, -0.05) is 30.3 Å². The van der Waals surface area contributed by atoms with Gasteiger partial charge in [-0.3, -0.25) is 9.69 Å². The molecule has 3 rings (SSSR count). The zero-order chi connectivity index (χ0) is 21.3. The van der Waals surface area contributed by atoms with E-state index in [1.807, 2.05) is 92.7 Å². The van der Waals surface area contributed by atoms with Crippen LogP contribution in [0.15, 0.2) is 83.9 Å². The summed E-state index contributed by atoms with van der Waals surface area (Å²) < 4.78 is 11.0. The number of aliphatic imine (C=N–C) groups is 1. The maximum absolute atomic E-state index is 12.7. The molecule has 30 heavy (non-hydrogen) atoms. The van der Waals surface area contributed by atoms with Gasteiger partial charge >= 0.3 is 0 Å². The summed E-state index contributed by atoms with van der Waals surface area (Å²) in [5, 5.41) is 0. The minimum absolute atomic E-state index is 0.132. The summed E-state index contributed by atoms with van der Waals surface area (Å²) in [6, 6.07) is 24.6. The zero-order valence-electron chi connectivity index (χ0n) is 17.5. The molecular weight excluding hydrogens is 376 g/mol. The predicted octanol–water partition coefficient (Wildman–Crippen LogP) is 5.62. The van der Waals surface area contributed by atoms with Crippen LogP contribution >= 0.6 is 0 Å². The van der Waals surface area contributed by atoms with E-state index < -0.39 is 0 Å². The Bertz CT molecular complexity index is 981. The standard InChI is InChI=1S/C25H26N2O3/c1-4-29-23-15-11-21(12-16-23)26-25(20-9-7-6-8-10-20)27(19(3)28)22-13-17-24(18-14-22)30-5-2/h6-18H,4-5H2,1-3H3. The van der Waals surface area contributed by atoms with Crippen LogP contribution in [0.1, 0.15) is 26.3 Å². The molecule has 0 radical (unpaired) electrons. The lowest BCUT2D eigenvalue weighted by atomic mass is 10.1. The van der Waals surface area contributed by atoms with Crippen LogP contribution in [0.2, 0.25) is 0 Å². The molecule has 3 aromatic rings. The highest BCUT2D eigenvalue weighted by molar-refractivity contribution is 6.23. The molecule has 0 aliphatic heterocycles. The van der Waals surface area contributed by atoms with Crippen LogP contribution in [0, 0.1) is 0 Å². The molecule has 0 aromatic heterocycles. The third-order valence-corrected chi connectivity index (χ3v) is 4.35. The molecular formula is C25H26N2O3. The molecule has 5 heteroatoms. The van der Waals surface area contributed by atoms with E-state index in [9.17, 15) is 4.79 Å². The Morgan fingerprint density at radius 3 is 1.83 bits per heavy atom. The monoisotopic (exact) mass is 402 g/mol. The van der Waals surface area contributed by atoms with Crippen molar-refractivity contribution in [1.29, 1.82) is 0 Å². The molecule has 5 nitrogen and oxygen atoms in total. The molecule has 0 spiro atoms. The van der Waals surface area contributed by atoms with E-state index in [0.29, 0.717) is 19.0 Å². The van der Waals surface area contributed by atoms with Crippen molar-refractivity contribution in [2.75, 3.05) is 18.1 Å². The van der Waals surface area contributed by atoms with Gasteiger partial charge in [0.05, 0.1) is 24.6 Å². The van der Waals surface area contributed by atoms with Crippen LogP contribution in [0.5, 0.6) is 11.5 Å². The Hall–Kier alpha value is -3.60. The van der Waals surface area contributed by atoms with Crippen LogP contribution in [0.25, 0.3) is 0 Å². The Morgan fingerprint density at radius 1 is 0.800 bits per heavy atom. The summed E-state index contributed by atoms with van der Waals surface area (Å²) in [6.45, 7) is 6.61. The second-order valence-electron chi connectivity index (χ2n) is 6.51. The normalized spacial score (nSPS) is 11.1. The first-order valence-corrected chi connectivity index (χ1v) is 10.0. The number of anilines is 1. The molecule has 0 aliphatic carbocycles. The van der Waals surface area contributed by atoms with Crippen molar-refractivity contribution in [2.24, 2.45) is 4.99 Å². The average molecular weight is 402 g/mol. The van der Waals surface area contributed by atoms with Crippen LogP contribution in [0.4, 0.5) is 11.4 Å². The maximum atomic E-state index is 12.7. The molecule has 0 unspecified atom stereocenters. The quantitative estimate of drug-likeness (QED) is 0.381. The Morgan fingerprint density at radius 2 is 1.33 bits per heavy atom. The molecule has 3 aromatic carbocycles. The minimum Gasteiger partial charge on any atom is -0.494 e. The van der Waals surface area contributed by atoms with Gasteiger partial charge in [0, 0.05) is 12.5 Å². The SMILES string of the molecule is CCOc1ccc(N=C(c2ccccc2)N(C(C)=O)c2ccc(OCC)cc2)cc1. The van der Waals surface area contributed by atoms with Crippen LogP contribution in [-0.2, 0) is 4.79 Å². The summed E-state index contributed by atoms with van der Waals surface area (Å²) in [7, 11) is 0. The highest BCUT2D eigenvalue weighted by Crippen LogP contribution is 2.25. The van der Waals surface area contributed by atoms with Gasteiger partial charge in [-0.25, -0.2) is 4.99 Å². The van der Waals surface area contributed by atoms with E-state index in [-0.39, 0.29) is 5.91 Å². The summed E-state index contributed by atoms with van der Waals surface area (Å²) in [5.41, 5.74) is 2.30. The van der Waals surface area contributed by atoms with Crippen LogP contribution < -0.4 is 14.4 Å². The second kappa shape index (κ2) is 10.3. The van der Waals surface area contributed by atoms with Crippen LogP contribution in [0.3, 0.4) is 0 Å². The van der Waals surface area contributed by atoms with Crippen molar-refractivity contribution in [2.45, 2.75) is 20.8 Å². The van der Waals surface area contributed by atoms with Crippen molar-refractivity contribution >= 4 is 23.1 Å². The number of nitrogens with zero attached hydrogens (tertiary/aromatic N) is 2. The number of amidine groups is 1. The number of rotatable bonds is 7. The summed E-state index contributed by atoms with van der Waals surface area (Å²) in [4.78, 5) is 19.1. The van der Waals surface area contributed by atoms with Crippen molar-refractivity contribution in [1.82, 2.24) is 0 Å². The van der Waals surface area contributed by atoms with Gasteiger partial charge in [0.2, 0.25) is 5.91 Å². The van der Waals surface area contributed by atoms with Gasteiger partial charge in [0.1, 0.15) is 17.3 Å². The topological polar surface area (TPSA) is 51.1 Å². The Kier molecular flexibility index (Phi) is 7.22. The largest absolute Gasteiger partial charge is 0.494 e. The molecule has 0 saturated carbocycles. The zero-order valence-corrected chi connectivity index (χ0v) is 17.5. The lowest BCUT2D eigenvalue weighted by Gasteiger charge is -2.24. The lowest BCUT2D eigenvalue weighted by molar-refractivity contribution is -0.115. The molecule has 154 valence electrons. The number of carbonyl (C=O) groups is 1. The lowest BCUT2D eigenvalue weighted by Crippen LogP contribution is -2.35. The number of benzene rings is 3. The summed E-state index contributed by atoms with van der Waals surface area (Å²) in [6.07, 6.45) is 0. The van der Waals surface area contributed by atoms with E-state index in [0.717, 1.165) is 28.4 Å². The minimum atomic E-state index is -0.132. The fourth-order valence-corrected chi connectivity index (χ4v) is 3.05. The Balaban J connectivity index is 2.06. The maximum Gasteiger partial charge on any atom is 0.229 e. The molecule has 0 N–H and O–H groups in total. The number of ether oxygens (including phenoxy) is 2. The smallest absolute Gasteiger partial charge is 0.229 e. The van der Waals surface area contributed by atoms with Crippen molar-refractivity contribution in [3.63, 3.8) is 0 Å². The third-order valence-electron chi connectivity index (χ3n) is 4.35. The van der Waals surface area contributed by atoms with E-state index in [1.165, 1.54) is 6.92 Å². The first-order valence-electron chi connectivity index (χ1n) is 10.0. The molecule has 1 amide bonds.